The summed E-state index contributed by atoms with van der Waals surface area (Å²) in [4.78, 5) is 2.34. The number of halogens is 1. The van der Waals surface area contributed by atoms with Crippen molar-refractivity contribution < 1.29 is 4.39 Å². The van der Waals surface area contributed by atoms with Crippen molar-refractivity contribution in [3.8, 4) is 0 Å². The molecule has 0 aliphatic carbocycles. The van der Waals surface area contributed by atoms with Crippen LogP contribution in [-0.2, 0) is 0 Å². The third kappa shape index (κ3) is 6.25. The lowest BCUT2D eigenvalue weighted by atomic mass is 10.0. The minimum Gasteiger partial charge on any atom is -0.382 e. The topological polar surface area (TPSA) is 15.3 Å². The SMILES string of the molecule is CCC(F)CCCC(CC)Nc1ccc(N(CC)CC)cc1. The molecule has 1 aromatic rings. The van der Waals surface area contributed by atoms with Crippen LogP contribution in [0.2, 0.25) is 0 Å². The molecular formula is C19H33FN2. The summed E-state index contributed by atoms with van der Waals surface area (Å²) >= 11 is 0. The number of nitrogens with one attached hydrogen (secondary N) is 1. The first kappa shape index (κ1) is 18.8. The van der Waals surface area contributed by atoms with Gasteiger partial charge < -0.3 is 10.2 Å². The zero-order valence-electron chi connectivity index (χ0n) is 14.7. The van der Waals surface area contributed by atoms with E-state index < -0.39 is 6.17 Å². The molecule has 0 saturated carbocycles. The molecule has 0 aliphatic heterocycles. The second-order valence-corrected chi connectivity index (χ2v) is 5.91. The van der Waals surface area contributed by atoms with Gasteiger partial charge in [0, 0.05) is 30.5 Å². The summed E-state index contributed by atoms with van der Waals surface area (Å²) in [6.45, 7) is 10.5. The molecule has 0 spiro atoms. The zero-order chi connectivity index (χ0) is 16.4. The van der Waals surface area contributed by atoms with Crippen molar-refractivity contribution in [1.29, 1.82) is 0 Å². The first-order valence-corrected chi connectivity index (χ1v) is 8.90. The first-order chi connectivity index (χ1) is 10.6. The normalized spacial score (nSPS) is 13.7. The summed E-state index contributed by atoms with van der Waals surface area (Å²) in [6, 6.07) is 9.09. The molecule has 0 aromatic heterocycles. The summed E-state index contributed by atoms with van der Waals surface area (Å²) in [6.07, 6.45) is 3.76. The lowest BCUT2D eigenvalue weighted by Gasteiger charge is -2.22. The summed E-state index contributed by atoms with van der Waals surface area (Å²) in [5, 5.41) is 3.58. The zero-order valence-corrected chi connectivity index (χ0v) is 14.7. The standard InChI is InChI=1S/C19H33FN2/c1-5-16(20)10-9-11-17(6-2)21-18-12-14-19(15-13-18)22(7-3)8-4/h12-17,21H,5-11H2,1-4H3. The van der Waals surface area contributed by atoms with Crippen LogP contribution in [0.4, 0.5) is 15.8 Å². The molecule has 0 aliphatic rings. The molecule has 126 valence electrons. The van der Waals surface area contributed by atoms with Crippen LogP contribution in [0.1, 0.15) is 59.8 Å². The van der Waals surface area contributed by atoms with Crippen molar-refractivity contribution in [2.75, 3.05) is 23.3 Å². The van der Waals surface area contributed by atoms with E-state index in [1.807, 2.05) is 6.92 Å². The average Bonchev–Trinajstić information content (AvgIpc) is 2.56. The Morgan fingerprint density at radius 1 is 0.955 bits per heavy atom. The van der Waals surface area contributed by atoms with Crippen LogP contribution in [0.25, 0.3) is 0 Å². The van der Waals surface area contributed by atoms with E-state index in [4.69, 9.17) is 0 Å². The molecule has 0 heterocycles. The Bertz CT molecular complexity index is 387. The van der Waals surface area contributed by atoms with Crippen molar-refractivity contribution in [1.82, 2.24) is 0 Å². The third-order valence-electron chi connectivity index (χ3n) is 4.37. The van der Waals surface area contributed by atoms with Crippen molar-refractivity contribution in [3.63, 3.8) is 0 Å². The Kier molecular flexibility index (Phi) is 8.95. The molecule has 1 N–H and O–H groups in total. The summed E-state index contributed by atoms with van der Waals surface area (Å²) in [5.41, 5.74) is 2.43. The Balaban J connectivity index is 2.49. The van der Waals surface area contributed by atoms with E-state index in [1.54, 1.807) is 0 Å². The summed E-state index contributed by atoms with van der Waals surface area (Å²) < 4.78 is 13.3. The van der Waals surface area contributed by atoms with Crippen LogP contribution < -0.4 is 10.2 Å². The van der Waals surface area contributed by atoms with Gasteiger partial charge in [0.2, 0.25) is 0 Å². The van der Waals surface area contributed by atoms with Gasteiger partial charge >= 0.3 is 0 Å². The van der Waals surface area contributed by atoms with Gasteiger partial charge in [-0.1, -0.05) is 13.8 Å². The van der Waals surface area contributed by atoms with E-state index >= 15 is 0 Å². The third-order valence-corrected chi connectivity index (χ3v) is 4.37. The highest BCUT2D eigenvalue weighted by Crippen LogP contribution is 2.20. The molecule has 0 saturated heterocycles. The highest BCUT2D eigenvalue weighted by atomic mass is 19.1. The maximum Gasteiger partial charge on any atom is 0.0999 e. The fourth-order valence-corrected chi connectivity index (χ4v) is 2.76. The van der Waals surface area contributed by atoms with E-state index in [9.17, 15) is 4.39 Å². The molecule has 3 heteroatoms. The van der Waals surface area contributed by atoms with E-state index in [-0.39, 0.29) is 0 Å². The molecule has 2 atom stereocenters. The van der Waals surface area contributed by atoms with E-state index in [0.29, 0.717) is 18.9 Å². The lowest BCUT2D eigenvalue weighted by Crippen LogP contribution is -2.22. The number of alkyl halides is 1. The Morgan fingerprint density at radius 3 is 2.09 bits per heavy atom. The van der Waals surface area contributed by atoms with Crippen molar-refractivity contribution >= 4 is 11.4 Å². The molecular weight excluding hydrogens is 275 g/mol. The number of hydrogen-bond acceptors (Lipinski definition) is 2. The summed E-state index contributed by atoms with van der Waals surface area (Å²) in [5.74, 6) is 0. The fraction of sp³-hybridized carbons (Fsp3) is 0.684. The predicted molar refractivity (Wildman–Crippen MR) is 96.7 cm³/mol. The van der Waals surface area contributed by atoms with Gasteiger partial charge in [-0.2, -0.15) is 0 Å². The quantitative estimate of drug-likeness (QED) is 0.569. The van der Waals surface area contributed by atoms with Gasteiger partial charge in [-0.25, -0.2) is 4.39 Å². The van der Waals surface area contributed by atoms with Crippen LogP contribution in [0.15, 0.2) is 24.3 Å². The van der Waals surface area contributed by atoms with E-state index in [0.717, 1.165) is 38.0 Å². The van der Waals surface area contributed by atoms with Crippen LogP contribution in [-0.4, -0.2) is 25.3 Å². The Labute approximate surface area is 136 Å². The maximum absolute atomic E-state index is 13.3. The second-order valence-electron chi connectivity index (χ2n) is 5.91. The Hall–Kier alpha value is -1.25. The predicted octanol–water partition coefficient (Wildman–Crippen LogP) is 5.64. The minimum atomic E-state index is -0.633. The van der Waals surface area contributed by atoms with Crippen LogP contribution in [0.3, 0.4) is 0 Å². The number of hydrogen-bond donors (Lipinski definition) is 1. The number of rotatable bonds is 11. The highest BCUT2D eigenvalue weighted by Gasteiger charge is 2.09. The maximum atomic E-state index is 13.3. The Morgan fingerprint density at radius 2 is 1.59 bits per heavy atom. The first-order valence-electron chi connectivity index (χ1n) is 8.90. The summed E-state index contributed by atoms with van der Waals surface area (Å²) in [7, 11) is 0. The van der Waals surface area contributed by atoms with E-state index in [2.05, 4.69) is 55.3 Å². The average molecular weight is 308 g/mol. The lowest BCUT2D eigenvalue weighted by molar-refractivity contribution is 0.295. The van der Waals surface area contributed by atoms with Crippen LogP contribution in [0.5, 0.6) is 0 Å². The minimum absolute atomic E-state index is 0.434. The van der Waals surface area contributed by atoms with E-state index in [1.165, 1.54) is 5.69 Å². The van der Waals surface area contributed by atoms with Gasteiger partial charge in [-0.05, 0) is 70.2 Å². The molecule has 0 amide bonds. The second kappa shape index (κ2) is 10.5. The molecule has 22 heavy (non-hydrogen) atoms. The van der Waals surface area contributed by atoms with Gasteiger partial charge in [-0.15, -0.1) is 0 Å². The number of nitrogens with zero attached hydrogens (tertiary/aromatic N) is 1. The van der Waals surface area contributed by atoms with Crippen molar-refractivity contribution in [3.05, 3.63) is 24.3 Å². The molecule has 0 bridgehead atoms. The largest absolute Gasteiger partial charge is 0.382 e. The molecule has 0 fully saturated rings. The van der Waals surface area contributed by atoms with Gasteiger partial charge in [0.25, 0.3) is 0 Å². The fourth-order valence-electron chi connectivity index (χ4n) is 2.76. The van der Waals surface area contributed by atoms with Gasteiger partial charge in [0.15, 0.2) is 0 Å². The molecule has 2 unspecified atom stereocenters. The van der Waals surface area contributed by atoms with Crippen LogP contribution in [0, 0.1) is 0 Å². The van der Waals surface area contributed by atoms with Crippen molar-refractivity contribution in [2.24, 2.45) is 0 Å². The molecule has 1 aromatic carbocycles. The van der Waals surface area contributed by atoms with Crippen molar-refractivity contribution in [2.45, 2.75) is 72.0 Å². The number of anilines is 2. The number of benzene rings is 1. The molecule has 2 nitrogen and oxygen atoms in total. The smallest absolute Gasteiger partial charge is 0.0999 e. The molecule has 0 radical (unpaired) electrons. The van der Waals surface area contributed by atoms with Gasteiger partial charge in [0.05, 0.1) is 6.17 Å². The molecule has 1 rings (SSSR count). The van der Waals surface area contributed by atoms with Gasteiger partial charge in [-0.3, -0.25) is 0 Å². The monoisotopic (exact) mass is 308 g/mol. The van der Waals surface area contributed by atoms with Crippen LogP contribution >= 0.6 is 0 Å². The van der Waals surface area contributed by atoms with Gasteiger partial charge in [0.1, 0.15) is 0 Å². The highest BCUT2D eigenvalue weighted by molar-refractivity contribution is 5.55.